The Labute approximate surface area is 167 Å². The summed E-state index contributed by atoms with van der Waals surface area (Å²) in [6.45, 7) is 5.89. The van der Waals surface area contributed by atoms with E-state index >= 15 is 0 Å². The van der Waals surface area contributed by atoms with Crippen molar-refractivity contribution in [3.8, 4) is 11.5 Å². The van der Waals surface area contributed by atoms with Crippen LogP contribution in [0.2, 0.25) is 5.02 Å². The first-order chi connectivity index (χ1) is 13.3. The van der Waals surface area contributed by atoms with Crippen LogP contribution in [-0.4, -0.2) is 10.9 Å². The number of anilines is 1. The van der Waals surface area contributed by atoms with Gasteiger partial charge >= 0.3 is 0 Å². The predicted molar refractivity (Wildman–Crippen MR) is 109 cm³/mol. The van der Waals surface area contributed by atoms with E-state index < -0.39 is 5.82 Å². The van der Waals surface area contributed by atoms with Crippen LogP contribution in [0.4, 0.5) is 10.1 Å². The highest BCUT2D eigenvalue weighted by molar-refractivity contribution is 6.34. The molecule has 0 radical (unpaired) electrons. The van der Waals surface area contributed by atoms with Crippen LogP contribution in [-0.2, 0) is 4.79 Å². The van der Waals surface area contributed by atoms with E-state index in [2.05, 4.69) is 10.3 Å². The number of rotatable bonds is 4. The zero-order valence-electron chi connectivity index (χ0n) is 15.9. The molecule has 2 aromatic carbocycles. The van der Waals surface area contributed by atoms with Crippen LogP contribution in [0.1, 0.15) is 30.9 Å². The minimum Gasteiger partial charge on any atom is -0.453 e. The van der Waals surface area contributed by atoms with Crippen LogP contribution in [0.3, 0.4) is 0 Å². The van der Waals surface area contributed by atoms with Crippen LogP contribution in [0.25, 0.3) is 10.9 Å². The Morgan fingerprint density at radius 3 is 2.61 bits per heavy atom. The molecule has 0 atom stereocenters. The first-order valence-corrected chi connectivity index (χ1v) is 9.49. The zero-order valence-corrected chi connectivity index (χ0v) is 16.7. The molecule has 1 aliphatic rings. The van der Waals surface area contributed by atoms with Gasteiger partial charge in [-0.1, -0.05) is 18.5 Å². The van der Waals surface area contributed by atoms with E-state index in [1.54, 1.807) is 12.3 Å². The largest absolute Gasteiger partial charge is 0.453 e. The van der Waals surface area contributed by atoms with Gasteiger partial charge in [-0.3, -0.25) is 9.78 Å². The standard InChI is InChI=1S/C22H20ClFN2O2/c1-12-8-14-17(9-13(12)2)25-7-4-19(14)28-20-10-15(23)18(11-16(20)24)26-21(27)22(3)5-6-22/h4,7-11H,5-6H2,1-3H3,(H,26,27). The van der Waals surface area contributed by atoms with Gasteiger partial charge in [0.1, 0.15) is 5.75 Å². The van der Waals surface area contributed by atoms with Crippen molar-refractivity contribution in [3.05, 3.63) is 58.5 Å². The number of halogens is 2. The normalized spacial score (nSPS) is 14.8. The third-order valence-electron chi connectivity index (χ3n) is 5.35. The molecule has 1 aromatic heterocycles. The van der Waals surface area contributed by atoms with Gasteiger partial charge in [-0.15, -0.1) is 0 Å². The molecule has 1 N–H and O–H groups in total. The number of nitrogens with zero attached hydrogens (tertiary/aromatic N) is 1. The number of carbonyl (C=O) groups excluding carboxylic acids is 1. The molecule has 144 valence electrons. The van der Waals surface area contributed by atoms with Gasteiger partial charge < -0.3 is 10.1 Å². The van der Waals surface area contributed by atoms with E-state index in [0.717, 1.165) is 34.9 Å². The molecule has 28 heavy (non-hydrogen) atoms. The molecule has 1 amide bonds. The number of fused-ring (bicyclic) bond motifs is 1. The maximum atomic E-state index is 14.7. The van der Waals surface area contributed by atoms with Gasteiger partial charge in [0, 0.05) is 29.1 Å². The Kier molecular flexibility index (Phi) is 4.50. The number of benzene rings is 2. The lowest BCUT2D eigenvalue weighted by molar-refractivity contribution is -0.120. The first-order valence-electron chi connectivity index (χ1n) is 9.11. The van der Waals surface area contributed by atoms with Crippen LogP contribution in [0.15, 0.2) is 36.5 Å². The van der Waals surface area contributed by atoms with E-state index in [1.165, 1.54) is 12.1 Å². The summed E-state index contributed by atoms with van der Waals surface area (Å²) >= 11 is 6.27. The Morgan fingerprint density at radius 2 is 1.89 bits per heavy atom. The molecular weight excluding hydrogens is 379 g/mol. The van der Waals surface area contributed by atoms with Gasteiger partial charge in [-0.2, -0.15) is 0 Å². The number of ether oxygens (including phenoxy) is 1. The lowest BCUT2D eigenvalue weighted by Gasteiger charge is -2.14. The van der Waals surface area contributed by atoms with E-state index in [1.807, 2.05) is 32.9 Å². The Hall–Kier alpha value is -2.66. The van der Waals surface area contributed by atoms with Crippen molar-refractivity contribution in [2.24, 2.45) is 5.41 Å². The van der Waals surface area contributed by atoms with Crippen LogP contribution in [0, 0.1) is 25.1 Å². The van der Waals surface area contributed by atoms with E-state index in [-0.39, 0.29) is 27.8 Å². The molecule has 0 bridgehead atoms. The van der Waals surface area contributed by atoms with Gasteiger partial charge in [0.05, 0.1) is 16.2 Å². The second-order valence-electron chi connectivity index (χ2n) is 7.64. The summed E-state index contributed by atoms with van der Waals surface area (Å²) in [5.41, 5.74) is 2.86. The topological polar surface area (TPSA) is 51.2 Å². The van der Waals surface area contributed by atoms with Crippen LogP contribution < -0.4 is 10.1 Å². The van der Waals surface area contributed by atoms with Gasteiger partial charge in [-0.25, -0.2) is 4.39 Å². The maximum absolute atomic E-state index is 14.7. The highest BCUT2D eigenvalue weighted by atomic mass is 35.5. The molecule has 0 unspecified atom stereocenters. The summed E-state index contributed by atoms with van der Waals surface area (Å²) in [5, 5.41) is 3.72. The summed E-state index contributed by atoms with van der Waals surface area (Å²) in [5.74, 6) is -0.264. The molecule has 4 rings (SSSR count). The molecule has 3 aromatic rings. The number of aryl methyl sites for hydroxylation is 2. The summed E-state index contributed by atoms with van der Waals surface area (Å²) < 4.78 is 20.5. The molecule has 1 aliphatic carbocycles. The molecule has 0 aliphatic heterocycles. The maximum Gasteiger partial charge on any atom is 0.230 e. The van der Waals surface area contributed by atoms with Crippen molar-refractivity contribution in [3.63, 3.8) is 0 Å². The van der Waals surface area contributed by atoms with Gasteiger partial charge in [-0.05, 0) is 56.0 Å². The van der Waals surface area contributed by atoms with Crippen LogP contribution >= 0.6 is 11.6 Å². The number of pyridine rings is 1. The second kappa shape index (κ2) is 6.74. The molecule has 0 spiro atoms. The van der Waals surface area contributed by atoms with E-state index in [9.17, 15) is 9.18 Å². The number of nitrogens with one attached hydrogen (secondary N) is 1. The van der Waals surface area contributed by atoms with Crippen molar-refractivity contribution in [2.45, 2.75) is 33.6 Å². The Balaban J connectivity index is 1.65. The number of hydrogen-bond donors (Lipinski definition) is 1. The fourth-order valence-corrected chi connectivity index (χ4v) is 3.18. The van der Waals surface area contributed by atoms with Crippen molar-refractivity contribution >= 4 is 34.1 Å². The molecule has 4 nitrogen and oxygen atoms in total. The lowest BCUT2D eigenvalue weighted by atomic mass is 10.1. The summed E-state index contributed by atoms with van der Waals surface area (Å²) in [6.07, 6.45) is 3.28. The Bertz CT molecular complexity index is 1110. The zero-order chi connectivity index (χ0) is 20.1. The highest BCUT2D eigenvalue weighted by Crippen LogP contribution is 2.46. The van der Waals surface area contributed by atoms with Gasteiger partial charge in [0.2, 0.25) is 5.91 Å². The van der Waals surface area contributed by atoms with Crippen molar-refractivity contribution < 1.29 is 13.9 Å². The number of carbonyl (C=O) groups is 1. The van der Waals surface area contributed by atoms with E-state index in [4.69, 9.17) is 16.3 Å². The minimum absolute atomic E-state index is 0.00800. The first kappa shape index (κ1) is 18.7. The Morgan fingerprint density at radius 1 is 1.18 bits per heavy atom. The lowest BCUT2D eigenvalue weighted by Crippen LogP contribution is -2.21. The molecule has 0 saturated heterocycles. The third kappa shape index (κ3) is 3.42. The fraction of sp³-hybridized carbons (Fsp3) is 0.273. The molecule has 1 fully saturated rings. The average molecular weight is 399 g/mol. The number of aromatic nitrogens is 1. The van der Waals surface area contributed by atoms with Crippen LogP contribution in [0.5, 0.6) is 11.5 Å². The molecule has 6 heteroatoms. The van der Waals surface area contributed by atoms with Crippen molar-refractivity contribution in [1.82, 2.24) is 4.98 Å². The number of hydrogen-bond acceptors (Lipinski definition) is 3. The predicted octanol–water partition coefficient (Wildman–Crippen LogP) is 6.18. The molecule has 1 saturated carbocycles. The smallest absolute Gasteiger partial charge is 0.230 e. The van der Waals surface area contributed by atoms with Gasteiger partial charge in [0.15, 0.2) is 11.6 Å². The average Bonchev–Trinajstić information content (AvgIpc) is 3.40. The fourth-order valence-electron chi connectivity index (χ4n) is 2.98. The SMILES string of the molecule is Cc1cc2nccc(Oc3cc(Cl)c(NC(=O)C4(C)CC4)cc3F)c2cc1C. The second-order valence-corrected chi connectivity index (χ2v) is 8.05. The summed E-state index contributed by atoms with van der Waals surface area (Å²) in [4.78, 5) is 16.6. The summed E-state index contributed by atoms with van der Waals surface area (Å²) in [7, 11) is 0. The van der Waals surface area contributed by atoms with Gasteiger partial charge in [0.25, 0.3) is 0 Å². The van der Waals surface area contributed by atoms with Crippen molar-refractivity contribution in [2.75, 3.05) is 5.32 Å². The molecule has 1 heterocycles. The monoisotopic (exact) mass is 398 g/mol. The van der Waals surface area contributed by atoms with E-state index in [0.29, 0.717) is 5.75 Å². The highest BCUT2D eigenvalue weighted by Gasteiger charge is 2.45. The number of amides is 1. The van der Waals surface area contributed by atoms with Crippen molar-refractivity contribution in [1.29, 1.82) is 0 Å². The quantitative estimate of drug-likeness (QED) is 0.571. The summed E-state index contributed by atoms with van der Waals surface area (Å²) in [6, 6.07) is 8.21. The minimum atomic E-state index is -0.602. The molecular formula is C22H20ClFN2O2. The third-order valence-corrected chi connectivity index (χ3v) is 5.67.